The SMILES string of the molecule is CC(C)Oc1ccc(C(C)NCC2(C)CCCS2)cc1. The molecule has 0 aliphatic carbocycles. The van der Waals surface area contributed by atoms with Crippen LogP contribution in [0.3, 0.4) is 0 Å². The Morgan fingerprint density at radius 3 is 2.50 bits per heavy atom. The summed E-state index contributed by atoms with van der Waals surface area (Å²) in [4.78, 5) is 0. The first-order valence-electron chi connectivity index (χ1n) is 7.62. The highest BCUT2D eigenvalue weighted by Crippen LogP contribution is 2.37. The fraction of sp³-hybridized carbons (Fsp3) is 0.647. The molecule has 0 aromatic heterocycles. The van der Waals surface area contributed by atoms with Crippen LogP contribution in [0.2, 0.25) is 0 Å². The van der Waals surface area contributed by atoms with Crippen LogP contribution in [0.4, 0.5) is 0 Å². The molecule has 1 saturated heterocycles. The summed E-state index contributed by atoms with van der Waals surface area (Å²) in [6.07, 6.45) is 2.92. The first-order chi connectivity index (χ1) is 9.48. The van der Waals surface area contributed by atoms with Crippen LogP contribution >= 0.6 is 11.8 Å². The van der Waals surface area contributed by atoms with Gasteiger partial charge in [0.2, 0.25) is 0 Å². The fourth-order valence-electron chi connectivity index (χ4n) is 2.57. The van der Waals surface area contributed by atoms with Gasteiger partial charge in [-0.3, -0.25) is 0 Å². The second kappa shape index (κ2) is 6.86. The van der Waals surface area contributed by atoms with Crippen LogP contribution in [0.1, 0.15) is 52.1 Å². The van der Waals surface area contributed by atoms with Gasteiger partial charge in [-0.2, -0.15) is 11.8 Å². The van der Waals surface area contributed by atoms with Crippen LogP contribution < -0.4 is 10.1 Å². The third-order valence-corrected chi connectivity index (χ3v) is 5.37. The first kappa shape index (κ1) is 15.7. The maximum atomic E-state index is 5.68. The predicted octanol–water partition coefficient (Wildman–Crippen LogP) is 4.41. The molecule has 0 amide bonds. The second-order valence-corrected chi connectivity index (χ2v) is 7.92. The zero-order valence-corrected chi connectivity index (χ0v) is 13.9. The van der Waals surface area contributed by atoms with Crippen molar-refractivity contribution in [2.45, 2.75) is 57.4 Å². The van der Waals surface area contributed by atoms with Crippen molar-refractivity contribution in [3.05, 3.63) is 29.8 Å². The van der Waals surface area contributed by atoms with Gasteiger partial charge < -0.3 is 10.1 Å². The Labute approximate surface area is 127 Å². The monoisotopic (exact) mass is 293 g/mol. The molecule has 0 bridgehead atoms. The van der Waals surface area contributed by atoms with E-state index >= 15 is 0 Å². The molecule has 1 aromatic carbocycles. The molecule has 0 saturated carbocycles. The summed E-state index contributed by atoms with van der Waals surface area (Å²) in [5, 5.41) is 3.68. The third-order valence-electron chi connectivity index (χ3n) is 3.83. The molecular formula is C17H27NOS. The van der Waals surface area contributed by atoms with Gasteiger partial charge in [0, 0.05) is 17.3 Å². The number of rotatable bonds is 6. The van der Waals surface area contributed by atoms with Gasteiger partial charge in [0.05, 0.1) is 6.10 Å². The van der Waals surface area contributed by atoms with Crippen LogP contribution in [-0.2, 0) is 0 Å². The molecule has 1 fully saturated rings. The molecule has 1 aromatic rings. The highest BCUT2D eigenvalue weighted by molar-refractivity contribution is 8.00. The van der Waals surface area contributed by atoms with Crippen LogP contribution in [0.15, 0.2) is 24.3 Å². The third kappa shape index (κ3) is 4.42. The first-order valence-corrected chi connectivity index (χ1v) is 8.61. The Morgan fingerprint density at radius 1 is 1.25 bits per heavy atom. The van der Waals surface area contributed by atoms with E-state index in [0.29, 0.717) is 10.8 Å². The van der Waals surface area contributed by atoms with E-state index in [-0.39, 0.29) is 6.10 Å². The standard InChI is InChI=1S/C17H27NOS/c1-13(2)19-16-8-6-15(7-9-16)14(3)18-12-17(4)10-5-11-20-17/h6-9,13-14,18H,5,10-12H2,1-4H3. The topological polar surface area (TPSA) is 21.3 Å². The quantitative estimate of drug-likeness (QED) is 0.839. The molecule has 1 N–H and O–H groups in total. The molecule has 1 aliphatic rings. The average Bonchev–Trinajstić information content (AvgIpc) is 2.84. The van der Waals surface area contributed by atoms with Gasteiger partial charge >= 0.3 is 0 Å². The largest absolute Gasteiger partial charge is 0.491 e. The van der Waals surface area contributed by atoms with Crippen molar-refractivity contribution in [3.8, 4) is 5.75 Å². The Morgan fingerprint density at radius 2 is 1.95 bits per heavy atom. The lowest BCUT2D eigenvalue weighted by Gasteiger charge is -2.26. The minimum atomic E-state index is 0.232. The molecular weight excluding hydrogens is 266 g/mol. The number of nitrogens with one attached hydrogen (secondary N) is 1. The van der Waals surface area contributed by atoms with Crippen molar-refractivity contribution in [1.82, 2.24) is 5.32 Å². The Balaban J connectivity index is 1.87. The van der Waals surface area contributed by atoms with Crippen molar-refractivity contribution >= 4 is 11.8 Å². The van der Waals surface area contributed by atoms with Crippen molar-refractivity contribution in [3.63, 3.8) is 0 Å². The molecule has 2 nitrogen and oxygen atoms in total. The molecule has 112 valence electrons. The number of benzene rings is 1. The summed E-state index contributed by atoms with van der Waals surface area (Å²) >= 11 is 2.11. The van der Waals surface area contributed by atoms with Gasteiger partial charge in [0.25, 0.3) is 0 Å². The minimum absolute atomic E-state index is 0.232. The summed E-state index contributed by atoms with van der Waals surface area (Å²) in [7, 11) is 0. The highest BCUT2D eigenvalue weighted by atomic mass is 32.2. The van der Waals surface area contributed by atoms with Gasteiger partial charge in [0.15, 0.2) is 0 Å². The summed E-state index contributed by atoms with van der Waals surface area (Å²) in [6.45, 7) is 9.81. The maximum absolute atomic E-state index is 5.68. The molecule has 0 spiro atoms. The number of thioether (sulfide) groups is 1. The van der Waals surface area contributed by atoms with Gasteiger partial charge in [-0.1, -0.05) is 12.1 Å². The van der Waals surface area contributed by atoms with Gasteiger partial charge in [-0.05, 0) is 64.0 Å². The lowest BCUT2D eigenvalue weighted by Crippen LogP contribution is -2.34. The second-order valence-electron chi connectivity index (χ2n) is 6.24. The Kier molecular flexibility index (Phi) is 5.39. The van der Waals surface area contributed by atoms with E-state index in [2.05, 4.69) is 69.0 Å². The van der Waals surface area contributed by atoms with Crippen molar-refractivity contribution < 1.29 is 4.74 Å². The molecule has 0 radical (unpaired) electrons. The van der Waals surface area contributed by atoms with E-state index in [1.807, 2.05) is 0 Å². The Bertz CT molecular complexity index is 410. The van der Waals surface area contributed by atoms with E-state index < -0.39 is 0 Å². The fourth-order valence-corrected chi connectivity index (χ4v) is 3.83. The zero-order chi connectivity index (χ0) is 14.6. The molecule has 2 atom stereocenters. The van der Waals surface area contributed by atoms with Gasteiger partial charge in [0.1, 0.15) is 5.75 Å². The van der Waals surface area contributed by atoms with E-state index in [1.54, 1.807) is 0 Å². The lowest BCUT2D eigenvalue weighted by atomic mass is 10.0. The maximum Gasteiger partial charge on any atom is 0.119 e. The van der Waals surface area contributed by atoms with Crippen LogP contribution in [0.25, 0.3) is 0 Å². The predicted molar refractivity (Wildman–Crippen MR) is 88.7 cm³/mol. The van der Waals surface area contributed by atoms with Crippen LogP contribution in [-0.4, -0.2) is 23.1 Å². The number of hydrogen-bond acceptors (Lipinski definition) is 3. The van der Waals surface area contributed by atoms with Crippen LogP contribution in [0, 0.1) is 0 Å². The summed E-state index contributed by atoms with van der Waals surface area (Å²) in [5.74, 6) is 2.27. The average molecular weight is 293 g/mol. The van der Waals surface area contributed by atoms with Gasteiger partial charge in [-0.25, -0.2) is 0 Å². The molecule has 2 unspecified atom stereocenters. The molecule has 20 heavy (non-hydrogen) atoms. The zero-order valence-electron chi connectivity index (χ0n) is 13.1. The Hall–Kier alpha value is -0.670. The minimum Gasteiger partial charge on any atom is -0.491 e. The van der Waals surface area contributed by atoms with Crippen molar-refractivity contribution in [2.75, 3.05) is 12.3 Å². The summed E-state index contributed by atoms with van der Waals surface area (Å²) in [6, 6.07) is 8.86. The number of hydrogen-bond donors (Lipinski definition) is 1. The van der Waals surface area contributed by atoms with E-state index in [4.69, 9.17) is 4.74 Å². The summed E-state index contributed by atoms with van der Waals surface area (Å²) in [5.41, 5.74) is 1.33. The summed E-state index contributed by atoms with van der Waals surface area (Å²) < 4.78 is 6.11. The molecule has 3 heteroatoms. The molecule has 1 aliphatic heterocycles. The van der Waals surface area contributed by atoms with Crippen LogP contribution in [0.5, 0.6) is 5.75 Å². The lowest BCUT2D eigenvalue weighted by molar-refractivity contribution is 0.242. The normalized spacial score (nSPS) is 24.1. The molecule has 1 heterocycles. The van der Waals surface area contributed by atoms with E-state index in [1.165, 1.54) is 24.2 Å². The number of ether oxygens (including phenoxy) is 1. The molecule has 2 rings (SSSR count). The van der Waals surface area contributed by atoms with Crippen molar-refractivity contribution in [1.29, 1.82) is 0 Å². The van der Waals surface area contributed by atoms with Gasteiger partial charge in [-0.15, -0.1) is 0 Å². The highest BCUT2D eigenvalue weighted by Gasteiger charge is 2.29. The van der Waals surface area contributed by atoms with E-state index in [0.717, 1.165) is 12.3 Å². The van der Waals surface area contributed by atoms with Crippen molar-refractivity contribution in [2.24, 2.45) is 0 Å². The smallest absolute Gasteiger partial charge is 0.119 e. The van der Waals surface area contributed by atoms with E-state index in [9.17, 15) is 0 Å².